The maximum absolute atomic E-state index is 12.7. The number of halogens is 2. The molecule has 124 valence electrons. The van der Waals surface area contributed by atoms with Crippen LogP contribution in [0.25, 0.3) is 10.8 Å². The van der Waals surface area contributed by atoms with Crippen molar-refractivity contribution in [2.75, 3.05) is 13.1 Å². The number of aliphatic hydroxyl groups is 1. The molecule has 3 rings (SSSR count). The quantitative estimate of drug-likeness (QED) is 0.927. The molecule has 1 N–H and O–H groups in total. The number of likely N-dealkylation sites (tertiary alicyclic amines) is 1. The molecule has 2 aromatic heterocycles. The van der Waals surface area contributed by atoms with Gasteiger partial charge in [0.2, 0.25) is 11.8 Å². The number of oxazole rings is 1. The van der Waals surface area contributed by atoms with E-state index in [1.165, 1.54) is 22.5 Å². The summed E-state index contributed by atoms with van der Waals surface area (Å²) in [7, 11) is 0. The molecular formula is C15H16F2N2O3S. The Hall–Kier alpha value is -1.80. The number of hydrogen-bond acceptors (Lipinski definition) is 5. The molecule has 3 heterocycles. The average Bonchev–Trinajstić information content (AvgIpc) is 3.18. The standard InChI is InChI=1S/C15H16F2N2O3S/c16-14(17)15(21)3-5-19(6-4-15)12(20)8-10-9-22-13(18-10)11-2-1-7-23-11/h1-2,7,9,14,21H,3-6,8H2. The lowest BCUT2D eigenvalue weighted by Gasteiger charge is -2.37. The summed E-state index contributed by atoms with van der Waals surface area (Å²) in [5.74, 6) is 0.265. The largest absolute Gasteiger partial charge is 0.444 e. The molecule has 0 aromatic carbocycles. The molecule has 0 bridgehead atoms. The van der Waals surface area contributed by atoms with Crippen molar-refractivity contribution < 1.29 is 23.1 Å². The van der Waals surface area contributed by atoms with Crippen molar-refractivity contribution in [2.45, 2.75) is 31.3 Å². The van der Waals surface area contributed by atoms with Crippen LogP contribution in [0.2, 0.25) is 0 Å². The Morgan fingerprint density at radius 3 is 2.83 bits per heavy atom. The van der Waals surface area contributed by atoms with E-state index in [2.05, 4.69) is 4.98 Å². The van der Waals surface area contributed by atoms with Crippen LogP contribution < -0.4 is 0 Å². The summed E-state index contributed by atoms with van der Waals surface area (Å²) in [5.41, 5.74) is -1.47. The molecule has 1 aliphatic rings. The van der Waals surface area contributed by atoms with E-state index < -0.39 is 12.0 Å². The van der Waals surface area contributed by atoms with E-state index in [1.54, 1.807) is 0 Å². The molecule has 1 saturated heterocycles. The normalized spacial score (nSPS) is 17.7. The van der Waals surface area contributed by atoms with Gasteiger partial charge in [-0.25, -0.2) is 13.8 Å². The minimum atomic E-state index is -2.79. The predicted octanol–water partition coefficient (Wildman–Crippen LogP) is 2.56. The lowest BCUT2D eigenvalue weighted by molar-refractivity contribution is -0.147. The van der Waals surface area contributed by atoms with Gasteiger partial charge in [-0.2, -0.15) is 0 Å². The summed E-state index contributed by atoms with van der Waals surface area (Å²) >= 11 is 1.49. The van der Waals surface area contributed by atoms with Crippen molar-refractivity contribution in [1.29, 1.82) is 0 Å². The van der Waals surface area contributed by atoms with Gasteiger partial charge in [0, 0.05) is 13.1 Å². The van der Waals surface area contributed by atoms with Gasteiger partial charge < -0.3 is 14.4 Å². The number of alkyl halides is 2. The smallest absolute Gasteiger partial charge is 0.266 e. The zero-order chi connectivity index (χ0) is 16.4. The van der Waals surface area contributed by atoms with Crippen LogP contribution in [0.4, 0.5) is 8.78 Å². The van der Waals surface area contributed by atoms with Crippen LogP contribution in [0.3, 0.4) is 0 Å². The lowest BCUT2D eigenvalue weighted by atomic mass is 9.92. The van der Waals surface area contributed by atoms with Crippen molar-refractivity contribution in [3.05, 3.63) is 29.5 Å². The third-order valence-electron chi connectivity index (χ3n) is 4.00. The number of piperidine rings is 1. The molecule has 0 atom stereocenters. The summed E-state index contributed by atoms with van der Waals surface area (Å²) in [6.07, 6.45) is -1.52. The van der Waals surface area contributed by atoms with Gasteiger partial charge >= 0.3 is 0 Å². The van der Waals surface area contributed by atoms with Gasteiger partial charge in [0.1, 0.15) is 11.9 Å². The maximum atomic E-state index is 12.7. The average molecular weight is 342 g/mol. The molecule has 0 spiro atoms. The summed E-state index contributed by atoms with van der Waals surface area (Å²) in [4.78, 5) is 18.9. The number of nitrogens with zero attached hydrogens (tertiary/aromatic N) is 2. The van der Waals surface area contributed by atoms with Crippen molar-refractivity contribution in [3.63, 3.8) is 0 Å². The second-order valence-corrected chi connectivity index (χ2v) is 6.53. The van der Waals surface area contributed by atoms with Gasteiger partial charge in [-0.3, -0.25) is 4.79 Å². The molecule has 0 aliphatic carbocycles. The Morgan fingerprint density at radius 1 is 1.48 bits per heavy atom. The first-order chi connectivity index (χ1) is 11.0. The minimum Gasteiger partial charge on any atom is -0.444 e. The summed E-state index contributed by atoms with van der Waals surface area (Å²) in [5, 5.41) is 11.6. The van der Waals surface area contributed by atoms with Crippen LogP contribution in [0.5, 0.6) is 0 Å². The van der Waals surface area contributed by atoms with Crippen molar-refractivity contribution in [3.8, 4) is 10.8 Å². The Labute approximate surface area is 135 Å². The Morgan fingerprint density at radius 2 is 2.22 bits per heavy atom. The molecule has 1 aliphatic heterocycles. The van der Waals surface area contributed by atoms with Gasteiger partial charge in [0.15, 0.2) is 0 Å². The van der Waals surface area contributed by atoms with Crippen molar-refractivity contribution in [2.24, 2.45) is 0 Å². The highest BCUT2D eigenvalue weighted by atomic mass is 32.1. The van der Waals surface area contributed by atoms with Gasteiger partial charge in [-0.05, 0) is 24.3 Å². The van der Waals surface area contributed by atoms with Crippen LogP contribution >= 0.6 is 11.3 Å². The van der Waals surface area contributed by atoms with Crippen LogP contribution in [-0.4, -0.2) is 46.0 Å². The van der Waals surface area contributed by atoms with E-state index in [0.717, 1.165) is 4.88 Å². The molecule has 23 heavy (non-hydrogen) atoms. The van der Waals surface area contributed by atoms with Crippen molar-refractivity contribution in [1.82, 2.24) is 9.88 Å². The first-order valence-corrected chi connectivity index (χ1v) is 8.12. The summed E-state index contributed by atoms with van der Waals surface area (Å²) in [6.45, 7) is 0.241. The van der Waals surface area contributed by atoms with Crippen LogP contribution in [0, 0.1) is 0 Å². The number of hydrogen-bond donors (Lipinski definition) is 1. The van der Waals surface area contributed by atoms with Gasteiger partial charge in [0.05, 0.1) is 17.0 Å². The van der Waals surface area contributed by atoms with Gasteiger partial charge in [0.25, 0.3) is 6.43 Å². The van der Waals surface area contributed by atoms with E-state index in [4.69, 9.17) is 4.42 Å². The summed E-state index contributed by atoms with van der Waals surface area (Å²) < 4.78 is 30.8. The van der Waals surface area contributed by atoms with Crippen LogP contribution in [0.15, 0.2) is 28.2 Å². The second kappa shape index (κ2) is 6.37. The molecule has 1 amide bonds. The highest BCUT2D eigenvalue weighted by Crippen LogP contribution is 2.29. The molecule has 0 unspecified atom stereocenters. The Balaban J connectivity index is 1.58. The first kappa shape index (κ1) is 16.1. The third kappa shape index (κ3) is 3.42. The SMILES string of the molecule is O=C(Cc1coc(-c2cccs2)n1)N1CCC(O)(C(F)F)CC1. The Bertz CT molecular complexity index is 664. The zero-order valence-corrected chi connectivity index (χ0v) is 13.1. The highest BCUT2D eigenvalue weighted by molar-refractivity contribution is 7.13. The summed E-state index contributed by atoms with van der Waals surface area (Å²) in [6, 6.07) is 3.75. The van der Waals surface area contributed by atoms with Gasteiger partial charge in [-0.15, -0.1) is 11.3 Å². The molecule has 2 aromatic rings. The fourth-order valence-corrected chi connectivity index (χ4v) is 3.19. The minimum absolute atomic E-state index is 0.0575. The molecule has 1 fully saturated rings. The molecule has 0 saturated carbocycles. The maximum Gasteiger partial charge on any atom is 0.266 e. The molecule has 0 radical (unpaired) electrons. The van der Waals surface area contributed by atoms with E-state index in [1.807, 2.05) is 17.5 Å². The fraction of sp³-hybridized carbons (Fsp3) is 0.467. The predicted molar refractivity (Wildman–Crippen MR) is 80.3 cm³/mol. The Kier molecular flexibility index (Phi) is 4.45. The number of amides is 1. The molecule has 5 nitrogen and oxygen atoms in total. The van der Waals surface area contributed by atoms with E-state index in [-0.39, 0.29) is 38.3 Å². The van der Waals surface area contributed by atoms with E-state index in [9.17, 15) is 18.7 Å². The highest BCUT2D eigenvalue weighted by Gasteiger charge is 2.41. The first-order valence-electron chi connectivity index (χ1n) is 7.24. The molecule has 8 heteroatoms. The topological polar surface area (TPSA) is 66.6 Å². The fourth-order valence-electron chi connectivity index (χ4n) is 2.53. The number of thiophene rings is 1. The van der Waals surface area contributed by atoms with Crippen LogP contribution in [0.1, 0.15) is 18.5 Å². The number of carbonyl (C=O) groups is 1. The van der Waals surface area contributed by atoms with Crippen LogP contribution in [-0.2, 0) is 11.2 Å². The monoisotopic (exact) mass is 342 g/mol. The zero-order valence-electron chi connectivity index (χ0n) is 12.2. The van der Waals surface area contributed by atoms with Crippen molar-refractivity contribution >= 4 is 17.2 Å². The van der Waals surface area contributed by atoms with Gasteiger partial charge in [-0.1, -0.05) is 6.07 Å². The number of rotatable bonds is 4. The van der Waals surface area contributed by atoms with E-state index >= 15 is 0 Å². The number of aromatic nitrogens is 1. The lowest BCUT2D eigenvalue weighted by Crippen LogP contribution is -2.50. The number of carbonyl (C=O) groups excluding carboxylic acids is 1. The molecular weight excluding hydrogens is 326 g/mol. The second-order valence-electron chi connectivity index (χ2n) is 5.58. The van der Waals surface area contributed by atoms with E-state index in [0.29, 0.717) is 11.6 Å². The third-order valence-corrected chi connectivity index (χ3v) is 4.86.